The zero-order valence-corrected chi connectivity index (χ0v) is 17.3. The van der Waals surface area contributed by atoms with E-state index in [1.54, 1.807) is 12.4 Å². The van der Waals surface area contributed by atoms with Gasteiger partial charge in [-0.2, -0.15) is 0 Å². The summed E-state index contributed by atoms with van der Waals surface area (Å²) < 4.78 is 11.9. The molecule has 0 aromatic carbocycles. The normalized spacial score (nSPS) is 17.1. The minimum Gasteiger partial charge on any atom is -0.474 e. The molecule has 2 aromatic heterocycles. The van der Waals surface area contributed by atoms with Crippen LogP contribution in [0.5, 0.6) is 11.8 Å². The van der Waals surface area contributed by atoms with Gasteiger partial charge in [0.1, 0.15) is 12.2 Å². The highest BCUT2D eigenvalue weighted by atomic mass is 16.5. The molecular formula is C23H30N4O3. The highest BCUT2D eigenvalue weighted by molar-refractivity contribution is 5.73. The summed E-state index contributed by atoms with van der Waals surface area (Å²) >= 11 is 0. The Morgan fingerprint density at radius 2 is 1.60 bits per heavy atom. The molecule has 4 rings (SSSR count). The van der Waals surface area contributed by atoms with E-state index < -0.39 is 0 Å². The van der Waals surface area contributed by atoms with Crippen molar-refractivity contribution in [2.75, 3.05) is 0 Å². The number of nitrogens with zero attached hydrogens (tertiary/aromatic N) is 2. The van der Waals surface area contributed by atoms with E-state index in [1.807, 2.05) is 24.3 Å². The summed E-state index contributed by atoms with van der Waals surface area (Å²) in [6, 6.07) is 7.36. The first-order valence-electron chi connectivity index (χ1n) is 11.0. The molecule has 7 nitrogen and oxygen atoms in total. The summed E-state index contributed by atoms with van der Waals surface area (Å²) in [6.07, 6.45) is 13.2. The number of amides is 2. The fourth-order valence-electron chi connectivity index (χ4n) is 4.01. The number of hydrogen-bond acceptors (Lipinski definition) is 5. The number of hydrogen-bond donors (Lipinski definition) is 2. The van der Waals surface area contributed by atoms with Crippen LogP contribution < -0.4 is 20.1 Å². The predicted octanol–water partition coefficient (Wildman–Crippen LogP) is 4.12. The molecule has 0 radical (unpaired) electrons. The predicted molar refractivity (Wildman–Crippen MR) is 113 cm³/mol. The molecular weight excluding hydrogens is 380 g/mol. The van der Waals surface area contributed by atoms with E-state index in [9.17, 15) is 4.79 Å². The third-order valence-electron chi connectivity index (χ3n) is 5.71. The average molecular weight is 411 g/mol. The lowest BCUT2D eigenvalue weighted by Gasteiger charge is -2.15. The number of ether oxygens (including phenoxy) is 2. The molecule has 160 valence electrons. The van der Waals surface area contributed by atoms with Gasteiger partial charge in [-0.05, 0) is 63.0 Å². The maximum Gasteiger partial charge on any atom is 0.315 e. The smallest absolute Gasteiger partial charge is 0.315 e. The number of carbonyl (C=O) groups excluding carboxylic acids is 1. The van der Waals surface area contributed by atoms with E-state index in [4.69, 9.17) is 9.47 Å². The molecule has 2 aliphatic rings. The number of pyridine rings is 2. The van der Waals surface area contributed by atoms with Crippen molar-refractivity contribution in [2.45, 2.75) is 76.7 Å². The SMILES string of the molecule is O=C(NCc1ccc(OC2CCCC2)nc1)NCc1cccnc1OC1CCCC1. The molecule has 2 N–H and O–H groups in total. The van der Waals surface area contributed by atoms with E-state index in [0.717, 1.165) is 36.8 Å². The molecule has 0 bridgehead atoms. The minimum absolute atomic E-state index is 0.237. The summed E-state index contributed by atoms with van der Waals surface area (Å²) in [6.45, 7) is 0.773. The van der Waals surface area contributed by atoms with Crippen molar-refractivity contribution in [3.8, 4) is 11.8 Å². The average Bonchev–Trinajstić information content (AvgIpc) is 3.47. The van der Waals surface area contributed by atoms with E-state index in [2.05, 4.69) is 20.6 Å². The van der Waals surface area contributed by atoms with Crippen LogP contribution in [-0.4, -0.2) is 28.2 Å². The fraction of sp³-hybridized carbons (Fsp3) is 0.522. The Hall–Kier alpha value is -2.83. The van der Waals surface area contributed by atoms with Gasteiger partial charge in [-0.3, -0.25) is 0 Å². The molecule has 7 heteroatoms. The van der Waals surface area contributed by atoms with Crippen molar-refractivity contribution in [1.29, 1.82) is 0 Å². The summed E-state index contributed by atoms with van der Waals surface area (Å²) in [5.74, 6) is 1.27. The monoisotopic (exact) mass is 410 g/mol. The van der Waals surface area contributed by atoms with Gasteiger partial charge in [-0.25, -0.2) is 14.8 Å². The third-order valence-corrected chi connectivity index (χ3v) is 5.71. The van der Waals surface area contributed by atoms with Crippen molar-refractivity contribution in [3.63, 3.8) is 0 Å². The first-order valence-corrected chi connectivity index (χ1v) is 11.0. The van der Waals surface area contributed by atoms with E-state index >= 15 is 0 Å². The number of carbonyl (C=O) groups is 1. The van der Waals surface area contributed by atoms with Crippen LogP contribution >= 0.6 is 0 Å². The summed E-state index contributed by atoms with van der Waals surface area (Å²) in [5.41, 5.74) is 1.81. The maximum absolute atomic E-state index is 12.2. The largest absolute Gasteiger partial charge is 0.474 e. The van der Waals surface area contributed by atoms with Crippen LogP contribution in [0.25, 0.3) is 0 Å². The first kappa shape index (κ1) is 20.4. The second-order valence-electron chi connectivity index (χ2n) is 8.06. The van der Waals surface area contributed by atoms with Gasteiger partial charge in [0.25, 0.3) is 0 Å². The van der Waals surface area contributed by atoms with Crippen LogP contribution in [0.2, 0.25) is 0 Å². The lowest BCUT2D eigenvalue weighted by Crippen LogP contribution is -2.34. The topological polar surface area (TPSA) is 85.4 Å². The molecule has 2 amide bonds. The van der Waals surface area contributed by atoms with E-state index in [-0.39, 0.29) is 12.1 Å². The van der Waals surface area contributed by atoms with Gasteiger partial charge in [-0.15, -0.1) is 0 Å². The van der Waals surface area contributed by atoms with Gasteiger partial charge >= 0.3 is 6.03 Å². The van der Waals surface area contributed by atoms with Gasteiger partial charge in [0, 0.05) is 37.1 Å². The number of aromatic nitrogens is 2. The molecule has 0 atom stereocenters. The van der Waals surface area contributed by atoms with Gasteiger partial charge in [0.15, 0.2) is 0 Å². The zero-order chi connectivity index (χ0) is 20.6. The lowest BCUT2D eigenvalue weighted by atomic mass is 10.2. The molecule has 2 heterocycles. The minimum atomic E-state index is -0.239. The first-order chi connectivity index (χ1) is 14.8. The Balaban J connectivity index is 1.21. The van der Waals surface area contributed by atoms with Crippen LogP contribution in [0, 0.1) is 0 Å². The quantitative estimate of drug-likeness (QED) is 0.684. The molecule has 0 unspecified atom stereocenters. The Kier molecular flexibility index (Phi) is 7.00. The van der Waals surface area contributed by atoms with Crippen LogP contribution in [0.1, 0.15) is 62.5 Å². The van der Waals surface area contributed by atoms with Crippen molar-refractivity contribution in [1.82, 2.24) is 20.6 Å². The standard InChI is InChI=1S/C23H30N4O3/c28-23(26-15-17-11-12-21(25-14-17)29-19-7-1-2-8-19)27-16-18-6-5-13-24-22(18)30-20-9-3-4-10-20/h5-6,11-14,19-20H,1-4,7-10,15-16H2,(H2,26,27,28). The van der Waals surface area contributed by atoms with Gasteiger partial charge in [-0.1, -0.05) is 12.1 Å². The van der Waals surface area contributed by atoms with E-state index in [1.165, 1.54) is 25.7 Å². The Morgan fingerprint density at radius 1 is 0.900 bits per heavy atom. The van der Waals surface area contributed by atoms with Crippen molar-refractivity contribution < 1.29 is 14.3 Å². The van der Waals surface area contributed by atoms with Crippen LogP contribution in [0.15, 0.2) is 36.7 Å². The Labute approximate surface area is 177 Å². The van der Waals surface area contributed by atoms with Gasteiger partial charge in [0.05, 0.1) is 0 Å². The number of rotatable bonds is 8. The zero-order valence-electron chi connectivity index (χ0n) is 17.3. The van der Waals surface area contributed by atoms with Crippen molar-refractivity contribution >= 4 is 6.03 Å². The summed E-state index contributed by atoms with van der Waals surface area (Å²) in [7, 11) is 0. The Morgan fingerprint density at radius 3 is 2.30 bits per heavy atom. The second-order valence-corrected chi connectivity index (χ2v) is 8.06. The summed E-state index contributed by atoms with van der Waals surface area (Å²) in [4.78, 5) is 20.9. The summed E-state index contributed by atoms with van der Waals surface area (Å²) in [5, 5.41) is 5.74. The lowest BCUT2D eigenvalue weighted by molar-refractivity contribution is 0.198. The number of nitrogens with one attached hydrogen (secondary N) is 2. The van der Waals surface area contributed by atoms with Crippen LogP contribution in [-0.2, 0) is 13.1 Å². The molecule has 0 saturated heterocycles. The third kappa shape index (κ3) is 5.84. The Bertz CT molecular complexity index is 815. The molecule has 2 saturated carbocycles. The second kappa shape index (κ2) is 10.3. The molecule has 2 fully saturated rings. The highest BCUT2D eigenvalue weighted by Crippen LogP contribution is 2.25. The van der Waals surface area contributed by atoms with E-state index in [0.29, 0.717) is 31.0 Å². The molecule has 2 aliphatic carbocycles. The maximum atomic E-state index is 12.2. The van der Waals surface area contributed by atoms with Crippen molar-refractivity contribution in [2.24, 2.45) is 0 Å². The van der Waals surface area contributed by atoms with Crippen molar-refractivity contribution in [3.05, 3.63) is 47.8 Å². The van der Waals surface area contributed by atoms with Crippen LogP contribution in [0.4, 0.5) is 4.79 Å². The molecule has 2 aromatic rings. The molecule has 0 aliphatic heterocycles. The van der Waals surface area contributed by atoms with Gasteiger partial charge < -0.3 is 20.1 Å². The fourth-order valence-corrected chi connectivity index (χ4v) is 4.01. The highest BCUT2D eigenvalue weighted by Gasteiger charge is 2.19. The molecule has 30 heavy (non-hydrogen) atoms. The van der Waals surface area contributed by atoms with Crippen LogP contribution in [0.3, 0.4) is 0 Å². The van der Waals surface area contributed by atoms with Gasteiger partial charge in [0.2, 0.25) is 11.8 Å². The number of urea groups is 1. The molecule has 0 spiro atoms.